The molecule has 1 aliphatic carbocycles. The number of carbonyl (C=O) groups excluding carboxylic acids is 1. The maximum absolute atomic E-state index is 11.8. The topological polar surface area (TPSA) is 64.3 Å². The molecule has 0 aliphatic heterocycles. The van der Waals surface area contributed by atoms with E-state index in [1.165, 1.54) is 0 Å². The van der Waals surface area contributed by atoms with Crippen molar-refractivity contribution in [2.24, 2.45) is 5.73 Å². The van der Waals surface area contributed by atoms with E-state index in [0.717, 1.165) is 58.2 Å². The predicted molar refractivity (Wildman–Crippen MR) is 76.0 cm³/mol. The van der Waals surface area contributed by atoms with Crippen LogP contribution in [0.1, 0.15) is 51.9 Å². The summed E-state index contributed by atoms with van der Waals surface area (Å²) in [6.45, 7) is 4.36. The van der Waals surface area contributed by atoms with Gasteiger partial charge in [-0.05, 0) is 25.7 Å². The summed E-state index contributed by atoms with van der Waals surface area (Å²) in [5.74, 6) is 0.0172. The fourth-order valence-electron chi connectivity index (χ4n) is 2.13. The smallest absolute Gasteiger partial charge is 0.240 e. The molecule has 1 fully saturated rings. The van der Waals surface area contributed by atoms with E-state index in [1.54, 1.807) is 0 Å². The Morgan fingerprint density at radius 3 is 2.50 bits per heavy atom. The first-order valence-electron chi connectivity index (χ1n) is 6.84. The van der Waals surface area contributed by atoms with Crippen molar-refractivity contribution in [2.45, 2.75) is 57.4 Å². The Labute approximate surface area is 116 Å². The highest BCUT2D eigenvalue weighted by Gasteiger charge is 2.36. The van der Waals surface area contributed by atoms with Crippen LogP contribution in [0.25, 0.3) is 0 Å². The minimum absolute atomic E-state index is 0. The Kier molecular flexibility index (Phi) is 9.42. The van der Waals surface area contributed by atoms with Crippen LogP contribution in [-0.2, 0) is 9.53 Å². The number of hydrogen-bond donors (Lipinski definition) is 2. The van der Waals surface area contributed by atoms with Crippen molar-refractivity contribution in [1.82, 2.24) is 5.32 Å². The van der Waals surface area contributed by atoms with Gasteiger partial charge in [-0.25, -0.2) is 0 Å². The van der Waals surface area contributed by atoms with Gasteiger partial charge in [0.1, 0.15) is 0 Å². The summed E-state index contributed by atoms with van der Waals surface area (Å²) in [6, 6.07) is 0. The summed E-state index contributed by atoms with van der Waals surface area (Å²) in [7, 11) is 0. The summed E-state index contributed by atoms with van der Waals surface area (Å²) in [6.07, 6.45) is 6.93. The summed E-state index contributed by atoms with van der Waals surface area (Å²) >= 11 is 0. The normalized spacial score (nSPS) is 17.2. The fourth-order valence-corrected chi connectivity index (χ4v) is 2.13. The molecule has 0 bridgehead atoms. The average molecular weight is 279 g/mol. The van der Waals surface area contributed by atoms with Crippen LogP contribution in [0.2, 0.25) is 0 Å². The molecular weight excluding hydrogens is 252 g/mol. The van der Waals surface area contributed by atoms with Crippen molar-refractivity contribution in [3.8, 4) is 0 Å². The number of nitrogens with two attached hydrogens (primary N) is 1. The predicted octanol–water partition coefficient (Wildman–Crippen LogP) is 2.00. The molecule has 0 atom stereocenters. The monoisotopic (exact) mass is 278 g/mol. The molecule has 1 amide bonds. The zero-order valence-electron chi connectivity index (χ0n) is 11.4. The van der Waals surface area contributed by atoms with Crippen molar-refractivity contribution in [2.75, 3.05) is 19.8 Å². The van der Waals surface area contributed by atoms with Gasteiger partial charge in [-0.3, -0.25) is 4.79 Å². The zero-order chi connectivity index (χ0) is 12.6. The Hall–Kier alpha value is -0.320. The number of rotatable bonds is 8. The number of amides is 1. The standard InChI is InChI=1S/C13H26N2O2.ClH/c1-2-3-10-17-11-6-9-15-12(16)13(14)7-4-5-8-13;/h2-11,14H2,1H3,(H,15,16);1H. The lowest BCUT2D eigenvalue weighted by Crippen LogP contribution is -2.52. The van der Waals surface area contributed by atoms with Crippen molar-refractivity contribution in [3.63, 3.8) is 0 Å². The Morgan fingerprint density at radius 2 is 1.89 bits per heavy atom. The Balaban J connectivity index is 0.00000289. The van der Waals surface area contributed by atoms with Crippen LogP contribution in [0.3, 0.4) is 0 Å². The second-order valence-electron chi connectivity index (χ2n) is 4.94. The van der Waals surface area contributed by atoms with Crippen molar-refractivity contribution >= 4 is 18.3 Å². The van der Waals surface area contributed by atoms with E-state index in [4.69, 9.17) is 10.5 Å². The molecule has 4 nitrogen and oxygen atoms in total. The molecule has 1 saturated carbocycles. The van der Waals surface area contributed by atoms with Gasteiger partial charge in [0.25, 0.3) is 0 Å². The quantitative estimate of drug-likeness (QED) is 0.668. The molecule has 0 spiro atoms. The maximum Gasteiger partial charge on any atom is 0.240 e. The van der Waals surface area contributed by atoms with Gasteiger partial charge < -0.3 is 15.8 Å². The van der Waals surface area contributed by atoms with Gasteiger partial charge in [0.15, 0.2) is 0 Å². The van der Waals surface area contributed by atoms with Gasteiger partial charge in [0, 0.05) is 19.8 Å². The zero-order valence-corrected chi connectivity index (χ0v) is 12.2. The third-order valence-electron chi connectivity index (χ3n) is 3.34. The number of unbranched alkanes of at least 4 members (excludes halogenated alkanes) is 1. The van der Waals surface area contributed by atoms with E-state index in [-0.39, 0.29) is 18.3 Å². The molecule has 108 valence electrons. The van der Waals surface area contributed by atoms with Crippen molar-refractivity contribution in [1.29, 1.82) is 0 Å². The third-order valence-corrected chi connectivity index (χ3v) is 3.34. The first-order chi connectivity index (χ1) is 8.19. The number of nitrogens with one attached hydrogen (secondary N) is 1. The molecule has 5 heteroatoms. The lowest BCUT2D eigenvalue weighted by Gasteiger charge is -2.22. The number of carbonyl (C=O) groups is 1. The molecule has 1 aliphatic rings. The SMILES string of the molecule is CCCCOCCCNC(=O)C1(N)CCCC1.Cl. The molecule has 0 aromatic carbocycles. The van der Waals surface area contributed by atoms with Crippen LogP contribution in [0.15, 0.2) is 0 Å². The van der Waals surface area contributed by atoms with Crippen LogP contribution in [0.4, 0.5) is 0 Å². The Morgan fingerprint density at radius 1 is 1.28 bits per heavy atom. The first kappa shape index (κ1) is 17.7. The molecule has 0 aromatic rings. The fraction of sp³-hybridized carbons (Fsp3) is 0.923. The van der Waals surface area contributed by atoms with E-state index < -0.39 is 5.54 Å². The van der Waals surface area contributed by atoms with Crippen molar-refractivity contribution < 1.29 is 9.53 Å². The minimum atomic E-state index is -0.594. The lowest BCUT2D eigenvalue weighted by atomic mass is 9.98. The highest BCUT2D eigenvalue weighted by molar-refractivity contribution is 5.86. The molecule has 18 heavy (non-hydrogen) atoms. The van der Waals surface area contributed by atoms with Gasteiger partial charge in [0.05, 0.1) is 5.54 Å². The highest BCUT2D eigenvalue weighted by atomic mass is 35.5. The van der Waals surface area contributed by atoms with E-state index in [0.29, 0.717) is 6.54 Å². The van der Waals surface area contributed by atoms with Gasteiger partial charge in [-0.2, -0.15) is 0 Å². The minimum Gasteiger partial charge on any atom is -0.381 e. The largest absolute Gasteiger partial charge is 0.381 e. The second-order valence-corrected chi connectivity index (χ2v) is 4.94. The van der Waals surface area contributed by atoms with E-state index in [9.17, 15) is 4.79 Å². The average Bonchev–Trinajstić information content (AvgIpc) is 2.76. The van der Waals surface area contributed by atoms with Gasteiger partial charge in [-0.1, -0.05) is 26.2 Å². The molecule has 0 radical (unpaired) electrons. The van der Waals surface area contributed by atoms with Crippen LogP contribution >= 0.6 is 12.4 Å². The number of ether oxygens (including phenoxy) is 1. The maximum atomic E-state index is 11.8. The first-order valence-corrected chi connectivity index (χ1v) is 6.84. The Bertz CT molecular complexity index is 231. The summed E-state index contributed by atoms with van der Waals surface area (Å²) < 4.78 is 5.42. The lowest BCUT2D eigenvalue weighted by molar-refractivity contribution is -0.126. The summed E-state index contributed by atoms with van der Waals surface area (Å²) in [5.41, 5.74) is 5.45. The van der Waals surface area contributed by atoms with Crippen LogP contribution in [0.5, 0.6) is 0 Å². The molecule has 0 saturated heterocycles. The molecule has 0 aromatic heterocycles. The molecule has 0 heterocycles. The summed E-state index contributed by atoms with van der Waals surface area (Å²) in [5, 5.41) is 2.91. The third kappa shape index (κ3) is 6.03. The number of hydrogen-bond acceptors (Lipinski definition) is 3. The molecule has 3 N–H and O–H groups in total. The van der Waals surface area contributed by atoms with Gasteiger partial charge in [-0.15, -0.1) is 12.4 Å². The highest BCUT2D eigenvalue weighted by Crippen LogP contribution is 2.27. The van der Waals surface area contributed by atoms with Crippen molar-refractivity contribution in [3.05, 3.63) is 0 Å². The van der Waals surface area contributed by atoms with Crippen LogP contribution in [0, 0.1) is 0 Å². The van der Waals surface area contributed by atoms with Gasteiger partial charge in [0.2, 0.25) is 5.91 Å². The van der Waals surface area contributed by atoms with Gasteiger partial charge >= 0.3 is 0 Å². The molecule has 0 unspecified atom stereocenters. The van der Waals surface area contributed by atoms with Crippen LogP contribution < -0.4 is 11.1 Å². The number of halogens is 1. The molecule has 1 rings (SSSR count). The van der Waals surface area contributed by atoms with E-state index in [2.05, 4.69) is 12.2 Å². The second kappa shape index (κ2) is 9.59. The molecular formula is C13H27ClN2O2. The van der Waals surface area contributed by atoms with E-state index >= 15 is 0 Å². The summed E-state index contributed by atoms with van der Waals surface area (Å²) in [4.78, 5) is 11.8. The van der Waals surface area contributed by atoms with E-state index in [1.807, 2.05) is 0 Å². The van der Waals surface area contributed by atoms with Crippen LogP contribution in [-0.4, -0.2) is 31.2 Å².